The molecular weight excluding hydrogens is 297 g/mol. The van der Waals surface area contributed by atoms with Gasteiger partial charge in [0.2, 0.25) is 0 Å². The Hall–Kier alpha value is -1.49. The Morgan fingerprint density at radius 2 is 2.06 bits per heavy atom. The Morgan fingerprint density at radius 3 is 2.78 bits per heavy atom. The molecule has 0 aliphatic rings. The zero-order valence-corrected chi connectivity index (χ0v) is 11.8. The van der Waals surface area contributed by atoms with E-state index in [0.29, 0.717) is 12.4 Å². The first-order valence-corrected chi connectivity index (χ1v) is 6.33. The molecule has 0 saturated heterocycles. The van der Waals surface area contributed by atoms with Crippen LogP contribution in [0.5, 0.6) is 0 Å². The van der Waals surface area contributed by atoms with Crippen LogP contribution >= 0.6 is 15.9 Å². The highest BCUT2D eigenvalue weighted by atomic mass is 79.9. The van der Waals surface area contributed by atoms with Crippen LogP contribution in [0.3, 0.4) is 0 Å². The van der Waals surface area contributed by atoms with E-state index in [1.54, 1.807) is 12.3 Å². The van der Waals surface area contributed by atoms with Crippen LogP contribution in [0.2, 0.25) is 0 Å². The van der Waals surface area contributed by atoms with E-state index in [1.807, 2.05) is 13.8 Å². The van der Waals surface area contributed by atoms with Gasteiger partial charge in [-0.15, -0.1) is 0 Å². The first-order valence-electron chi connectivity index (χ1n) is 5.54. The highest BCUT2D eigenvalue weighted by Crippen LogP contribution is 2.19. The Morgan fingerprint density at radius 1 is 1.28 bits per heavy atom. The smallest absolute Gasteiger partial charge is 0.145 e. The predicted octanol–water partition coefficient (Wildman–Crippen LogP) is 3.61. The lowest BCUT2D eigenvalue weighted by Crippen LogP contribution is -2.04. The van der Waals surface area contributed by atoms with E-state index in [-0.39, 0.29) is 5.82 Å². The molecule has 0 bridgehead atoms. The van der Waals surface area contributed by atoms with E-state index in [0.717, 1.165) is 21.4 Å². The van der Waals surface area contributed by atoms with Crippen molar-refractivity contribution in [2.24, 2.45) is 0 Å². The summed E-state index contributed by atoms with van der Waals surface area (Å²) in [6, 6.07) is 4.60. The lowest BCUT2D eigenvalue weighted by atomic mass is 10.2. The summed E-state index contributed by atoms with van der Waals surface area (Å²) >= 11 is 3.39. The first kappa shape index (κ1) is 13.0. The van der Waals surface area contributed by atoms with E-state index < -0.39 is 0 Å². The van der Waals surface area contributed by atoms with Crippen LogP contribution in [-0.4, -0.2) is 9.97 Å². The van der Waals surface area contributed by atoms with Crippen molar-refractivity contribution in [1.29, 1.82) is 0 Å². The molecule has 94 valence electrons. The van der Waals surface area contributed by atoms with Gasteiger partial charge in [-0.05, 0) is 37.6 Å². The number of hydrogen-bond donors (Lipinski definition) is 1. The third-order valence-electron chi connectivity index (χ3n) is 2.66. The lowest BCUT2D eigenvalue weighted by Gasteiger charge is -2.08. The van der Waals surface area contributed by atoms with Crippen LogP contribution in [0, 0.1) is 19.7 Å². The van der Waals surface area contributed by atoms with Crippen LogP contribution in [0.4, 0.5) is 10.2 Å². The zero-order valence-electron chi connectivity index (χ0n) is 10.2. The Kier molecular flexibility index (Phi) is 3.91. The molecule has 0 atom stereocenters. The molecule has 0 spiro atoms. The third kappa shape index (κ3) is 3.04. The van der Waals surface area contributed by atoms with E-state index in [1.165, 1.54) is 12.1 Å². The molecular formula is C13H13BrFN3. The summed E-state index contributed by atoms with van der Waals surface area (Å²) in [7, 11) is 0. The van der Waals surface area contributed by atoms with Gasteiger partial charge in [0.05, 0.1) is 17.6 Å². The largest absolute Gasteiger partial charge is 0.365 e. The van der Waals surface area contributed by atoms with Crippen LogP contribution in [-0.2, 0) is 6.54 Å². The molecule has 0 saturated carbocycles. The number of hydrogen-bond acceptors (Lipinski definition) is 3. The molecule has 18 heavy (non-hydrogen) atoms. The molecule has 0 amide bonds. The number of rotatable bonds is 3. The van der Waals surface area contributed by atoms with Gasteiger partial charge in [0.25, 0.3) is 0 Å². The second-order valence-electron chi connectivity index (χ2n) is 4.02. The number of aryl methyl sites for hydroxylation is 2. The molecule has 2 aromatic rings. The maximum Gasteiger partial charge on any atom is 0.145 e. The van der Waals surface area contributed by atoms with Crippen LogP contribution in [0.15, 0.2) is 28.9 Å². The molecule has 3 nitrogen and oxygen atoms in total. The Bertz CT molecular complexity index is 572. The minimum Gasteiger partial charge on any atom is -0.365 e. The van der Waals surface area contributed by atoms with Gasteiger partial charge in [-0.25, -0.2) is 9.37 Å². The van der Waals surface area contributed by atoms with Crippen LogP contribution in [0.1, 0.15) is 17.0 Å². The minimum absolute atomic E-state index is 0.249. The normalized spacial score (nSPS) is 10.4. The summed E-state index contributed by atoms with van der Waals surface area (Å²) in [6.07, 6.45) is 1.68. The predicted molar refractivity (Wildman–Crippen MR) is 72.9 cm³/mol. The molecule has 0 aliphatic carbocycles. The number of halogens is 2. The Labute approximate surface area is 114 Å². The van der Waals surface area contributed by atoms with Crippen molar-refractivity contribution in [1.82, 2.24) is 9.97 Å². The van der Waals surface area contributed by atoms with Gasteiger partial charge in [0.15, 0.2) is 0 Å². The highest BCUT2D eigenvalue weighted by molar-refractivity contribution is 9.10. The molecule has 1 N–H and O–H groups in total. The van der Waals surface area contributed by atoms with E-state index >= 15 is 0 Å². The van der Waals surface area contributed by atoms with Gasteiger partial charge in [-0.3, -0.25) is 4.98 Å². The van der Waals surface area contributed by atoms with Crippen molar-refractivity contribution < 1.29 is 4.39 Å². The summed E-state index contributed by atoms with van der Waals surface area (Å²) < 4.78 is 14.0. The fourth-order valence-corrected chi connectivity index (χ4v) is 1.88. The van der Waals surface area contributed by atoms with Gasteiger partial charge in [0.1, 0.15) is 11.6 Å². The molecule has 0 unspecified atom stereocenters. The number of aromatic nitrogens is 2. The van der Waals surface area contributed by atoms with Gasteiger partial charge in [0, 0.05) is 11.0 Å². The molecule has 2 rings (SSSR count). The standard InChI is InChI=1S/C13H13BrFN3/c1-8-9(2)18-13(7-16-8)17-6-10-5-11(15)3-4-12(10)14/h3-5,7H,6H2,1-2H3,(H,17,18). The van der Waals surface area contributed by atoms with Crippen molar-refractivity contribution in [3.63, 3.8) is 0 Å². The number of anilines is 1. The SMILES string of the molecule is Cc1ncc(NCc2cc(F)ccc2Br)nc1C. The fraction of sp³-hybridized carbons (Fsp3) is 0.231. The van der Waals surface area contributed by atoms with Gasteiger partial charge < -0.3 is 5.32 Å². The average molecular weight is 310 g/mol. The second kappa shape index (κ2) is 5.44. The Balaban J connectivity index is 2.11. The average Bonchev–Trinajstić information content (AvgIpc) is 2.34. The zero-order chi connectivity index (χ0) is 13.1. The van der Waals surface area contributed by atoms with Crippen molar-refractivity contribution in [3.8, 4) is 0 Å². The summed E-state index contributed by atoms with van der Waals surface area (Å²) in [5.74, 6) is 0.440. The van der Waals surface area contributed by atoms with Gasteiger partial charge >= 0.3 is 0 Å². The molecule has 1 heterocycles. The minimum atomic E-state index is -0.249. The second-order valence-corrected chi connectivity index (χ2v) is 4.87. The monoisotopic (exact) mass is 309 g/mol. The van der Waals surface area contributed by atoms with E-state index in [4.69, 9.17) is 0 Å². The van der Waals surface area contributed by atoms with Crippen molar-refractivity contribution >= 4 is 21.7 Å². The maximum absolute atomic E-state index is 13.1. The van der Waals surface area contributed by atoms with Crippen molar-refractivity contribution in [2.75, 3.05) is 5.32 Å². The summed E-state index contributed by atoms with van der Waals surface area (Å²) in [4.78, 5) is 8.58. The van der Waals surface area contributed by atoms with Crippen LogP contribution < -0.4 is 5.32 Å². The third-order valence-corrected chi connectivity index (χ3v) is 3.43. The number of benzene rings is 1. The fourth-order valence-electron chi connectivity index (χ4n) is 1.49. The van der Waals surface area contributed by atoms with E-state index in [2.05, 4.69) is 31.2 Å². The molecule has 0 fully saturated rings. The molecule has 1 aromatic heterocycles. The maximum atomic E-state index is 13.1. The van der Waals surface area contributed by atoms with Gasteiger partial charge in [-0.1, -0.05) is 15.9 Å². The number of nitrogens with zero attached hydrogens (tertiary/aromatic N) is 2. The van der Waals surface area contributed by atoms with Crippen molar-refractivity contribution in [2.45, 2.75) is 20.4 Å². The molecule has 0 radical (unpaired) electrons. The topological polar surface area (TPSA) is 37.8 Å². The van der Waals surface area contributed by atoms with Crippen LogP contribution in [0.25, 0.3) is 0 Å². The highest BCUT2D eigenvalue weighted by Gasteiger charge is 2.03. The molecule has 1 aromatic carbocycles. The lowest BCUT2D eigenvalue weighted by molar-refractivity contribution is 0.625. The van der Waals surface area contributed by atoms with Crippen molar-refractivity contribution in [3.05, 3.63) is 51.6 Å². The van der Waals surface area contributed by atoms with Gasteiger partial charge in [-0.2, -0.15) is 0 Å². The first-order chi connectivity index (χ1) is 8.56. The number of nitrogens with one attached hydrogen (secondary N) is 1. The quantitative estimate of drug-likeness (QED) is 0.941. The molecule has 5 heteroatoms. The summed E-state index contributed by atoms with van der Waals surface area (Å²) in [6.45, 7) is 4.32. The summed E-state index contributed by atoms with van der Waals surface area (Å²) in [5.41, 5.74) is 2.64. The summed E-state index contributed by atoms with van der Waals surface area (Å²) in [5, 5.41) is 3.13. The van der Waals surface area contributed by atoms with E-state index in [9.17, 15) is 4.39 Å². The molecule has 0 aliphatic heterocycles.